The van der Waals surface area contributed by atoms with Crippen LogP contribution in [0, 0.1) is 0 Å². The summed E-state index contributed by atoms with van der Waals surface area (Å²) in [6, 6.07) is 16.9. The largest absolute Gasteiger partial charge is 0.368 e. The molecule has 0 radical (unpaired) electrons. The fourth-order valence-corrected chi connectivity index (χ4v) is 2.87. The van der Waals surface area contributed by atoms with Gasteiger partial charge in [0.1, 0.15) is 6.54 Å². The second-order valence-corrected chi connectivity index (χ2v) is 6.24. The average molecular weight is 389 g/mol. The zero-order valence-electron chi connectivity index (χ0n) is 15.7. The lowest BCUT2D eigenvalue weighted by atomic mass is 10.1. The summed E-state index contributed by atoms with van der Waals surface area (Å²) in [6.07, 6.45) is 0.856. The highest BCUT2D eigenvalue weighted by atomic mass is 16.2. The van der Waals surface area contributed by atoms with E-state index in [1.807, 2.05) is 42.5 Å². The van der Waals surface area contributed by atoms with Gasteiger partial charge in [-0.05, 0) is 40.6 Å². The minimum atomic E-state index is -0.402. The molecule has 0 bridgehead atoms. The van der Waals surface area contributed by atoms with Gasteiger partial charge in [-0.2, -0.15) is 24.3 Å². The quantitative estimate of drug-likeness (QED) is 0.508. The van der Waals surface area contributed by atoms with Crippen LogP contribution >= 0.6 is 0 Å². The van der Waals surface area contributed by atoms with Crippen LogP contribution in [0.2, 0.25) is 0 Å². The van der Waals surface area contributed by atoms with E-state index in [0.29, 0.717) is 17.5 Å². The molecule has 0 aliphatic carbocycles. The Hall–Kier alpha value is -4.08. The summed E-state index contributed by atoms with van der Waals surface area (Å²) in [6.45, 7) is 2.08. The molecule has 146 valence electrons. The van der Waals surface area contributed by atoms with Gasteiger partial charge in [-0.3, -0.25) is 0 Å². The molecule has 0 aliphatic rings. The number of nitrogen functional groups attached to an aromatic ring is 1. The van der Waals surface area contributed by atoms with Gasteiger partial charge >= 0.3 is 5.69 Å². The molecule has 4 rings (SSSR count). The predicted octanol–water partition coefficient (Wildman–Crippen LogP) is 1.55. The number of anilines is 3. The molecule has 0 amide bonds. The Bertz CT molecular complexity index is 1180. The Balaban J connectivity index is 1.61. The number of aryl methyl sites for hydroxylation is 1. The van der Waals surface area contributed by atoms with Crippen LogP contribution in [0.15, 0.2) is 59.4 Å². The maximum Gasteiger partial charge on any atom is 0.368 e. The summed E-state index contributed by atoms with van der Waals surface area (Å²) < 4.78 is 2.38. The highest BCUT2D eigenvalue weighted by Gasteiger charge is 2.12. The normalized spacial score (nSPS) is 10.8. The molecule has 10 heteroatoms. The standard InChI is InChI=1S/C19H19N9O/c1-2-13-8-6-7-11-15(13)21-18-23-16(22-17(20)24-18)12-27-19(29)28(26-25-27)14-9-4-3-5-10-14/h3-11H,2,12H2,1H3,(H3,20,21,22,23,24). The van der Waals surface area contributed by atoms with Crippen LogP contribution < -0.4 is 16.7 Å². The number of aromatic nitrogens is 7. The number of hydrogen-bond donors (Lipinski definition) is 2. The van der Waals surface area contributed by atoms with E-state index < -0.39 is 5.69 Å². The number of rotatable bonds is 6. The third-order valence-electron chi connectivity index (χ3n) is 4.28. The summed E-state index contributed by atoms with van der Waals surface area (Å²) in [5.41, 5.74) is 8.07. The van der Waals surface area contributed by atoms with Crippen molar-refractivity contribution >= 4 is 17.6 Å². The van der Waals surface area contributed by atoms with Crippen LogP contribution in [0.1, 0.15) is 18.3 Å². The molecule has 29 heavy (non-hydrogen) atoms. The lowest BCUT2D eigenvalue weighted by Gasteiger charge is -2.10. The second-order valence-electron chi connectivity index (χ2n) is 6.24. The van der Waals surface area contributed by atoms with Crippen LogP contribution in [0.5, 0.6) is 0 Å². The topological polar surface area (TPSA) is 129 Å². The summed E-state index contributed by atoms with van der Waals surface area (Å²) >= 11 is 0. The van der Waals surface area contributed by atoms with Crippen LogP contribution in [-0.2, 0) is 13.0 Å². The number of benzene rings is 2. The number of nitrogens with two attached hydrogens (primary N) is 1. The van der Waals surface area contributed by atoms with Crippen molar-refractivity contribution in [2.24, 2.45) is 0 Å². The second kappa shape index (κ2) is 7.89. The third kappa shape index (κ3) is 3.95. The van der Waals surface area contributed by atoms with Gasteiger partial charge in [0.2, 0.25) is 11.9 Å². The van der Waals surface area contributed by atoms with Crippen molar-refractivity contribution in [3.05, 3.63) is 76.5 Å². The smallest absolute Gasteiger partial charge is 0.368 e. The summed E-state index contributed by atoms with van der Waals surface area (Å²) in [4.78, 5) is 25.2. The minimum Gasteiger partial charge on any atom is -0.368 e. The monoisotopic (exact) mass is 389 g/mol. The van der Waals surface area contributed by atoms with Gasteiger partial charge in [0, 0.05) is 5.69 Å². The molecule has 0 unspecified atom stereocenters. The predicted molar refractivity (Wildman–Crippen MR) is 108 cm³/mol. The van der Waals surface area contributed by atoms with Crippen molar-refractivity contribution in [1.29, 1.82) is 0 Å². The molecule has 0 spiro atoms. The lowest BCUT2D eigenvalue weighted by molar-refractivity contribution is 0.608. The van der Waals surface area contributed by atoms with Crippen LogP contribution in [-0.4, -0.2) is 34.7 Å². The molecule has 10 nitrogen and oxygen atoms in total. The third-order valence-corrected chi connectivity index (χ3v) is 4.28. The van der Waals surface area contributed by atoms with Crippen LogP contribution in [0.3, 0.4) is 0 Å². The fraction of sp³-hybridized carbons (Fsp3) is 0.158. The molecule has 0 aliphatic heterocycles. The van der Waals surface area contributed by atoms with Gasteiger partial charge in [0.25, 0.3) is 0 Å². The van der Waals surface area contributed by atoms with E-state index in [1.165, 1.54) is 9.36 Å². The molecule has 0 saturated heterocycles. The van der Waals surface area contributed by atoms with Gasteiger partial charge < -0.3 is 11.1 Å². The number of para-hydroxylation sites is 2. The van der Waals surface area contributed by atoms with E-state index in [0.717, 1.165) is 17.7 Å². The van der Waals surface area contributed by atoms with Gasteiger partial charge in [0.05, 0.1) is 5.69 Å². The first kappa shape index (κ1) is 18.3. The number of tetrazole rings is 1. The summed E-state index contributed by atoms with van der Waals surface area (Å²) in [5, 5.41) is 11.0. The van der Waals surface area contributed by atoms with E-state index in [4.69, 9.17) is 5.73 Å². The first-order valence-electron chi connectivity index (χ1n) is 9.07. The highest BCUT2D eigenvalue weighted by Crippen LogP contribution is 2.19. The Kier molecular flexibility index (Phi) is 4.97. The van der Waals surface area contributed by atoms with Crippen molar-refractivity contribution < 1.29 is 0 Å². The maximum atomic E-state index is 12.6. The number of nitrogens with one attached hydrogen (secondary N) is 1. The molecule has 0 fully saturated rings. The van der Waals surface area contributed by atoms with Crippen molar-refractivity contribution in [3.8, 4) is 5.69 Å². The fourth-order valence-electron chi connectivity index (χ4n) is 2.87. The summed E-state index contributed by atoms with van der Waals surface area (Å²) in [5.74, 6) is 0.656. The lowest BCUT2D eigenvalue weighted by Crippen LogP contribution is -2.25. The Morgan fingerprint density at radius 2 is 1.72 bits per heavy atom. The number of nitrogens with zero attached hydrogens (tertiary/aromatic N) is 7. The molecular formula is C19H19N9O. The SMILES string of the molecule is CCc1ccccc1Nc1nc(N)nc(Cn2nnn(-c3ccccc3)c2=O)n1. The molecule has 2 aromatic heterocycles. The van der Waals surface area contributed by atoms with E-state index in [1.54, 1.807) is 12.1 Å². The first-order valence-corrected chi connectivity index (χ1v) is 9.07. The van der Waals surface area contributed by atoms with Gasteiger partial charge in [0.15, 0.2) is 5.82 Å². The zero-order chi connectivity index (χ0) is 20.2. The Morgan fingerprint density at radius 1 is 0.966 bits per heavy atom. The Labute approximate surface area is 166 Å². The van der Waals surface area contributed by atoms with Crippen LogP contribution in [0.25, 0.3) is 5.69 Å². The Morgan fingerprint density at radius 3 is 2.52 bits per heavy atom. The number of hydrogen-bond acceptors (Lipinski definition) is 8. The van der Waals surface area contributed by atoms with Crippen molar-refractivity contribution in [3.63, 3.8) is 0 Å². The van der Waals surface area contributed by atoms with E-state index >= 15 is 0 Å². The van der Waals surface area contributed by atoms with E-state index in [2.05, 4.69) is 37.6 Å². The maximum absolute atomic E-state index is 12.6. The highest BCUT2D eigenvalue weighted by molar-refractivity contribution is 5.58. The van der Waals surface area contributed by atoms with Gasteiger partial charge in [-0.15, -0.1) is 0 Å². The van der Waals surface area contributed by atoms with Crippen molar-refractivity contribution in [1.82, 2.24) is 34.7 Å². The molecule has 0 atom stereocenters. The molecule has 2 aromatic carbocycles. The van der Waals surface area contributed by atoms with E-state index in [-0.39, 0.29) is 12.5 Å². The molecule has 4 aromatic rings. The molecular weight excluding hydrogens is 370 g/mol. The summed E-state index contributed by atoms with van der Waals surface area (Å²) in [7, 11) is 0. The first-order chi connectivity index (χ1) is 14.1. The molecule has 2 heterocycles. The van der Waals surface area contributed by atoms with E-state index in [9.17, 15) is 4.79 Å². The van der Waals surface area contributed by atoms with Crippen molar-refractivity contribution in [2.75, 3.05) is 11.1 Å². The molecule has 0 saturated carbocycles. The van der Waals surface area contributed by atoms with Gasteiger partial charge in [-0.1, -0.05) is 43.3 Å². The van der Waals surface area contributed by atoms with Crippen LogP contribution in [0.4, 0.5) is 17.6 Å². The zero-order valence-corrected chi connectivity index (χ0v) is 15.7. The minimum absolute atomic E-state index is 0.0164. The van der Waals surface area contributed by atoms with Crippen molar-refractivity contribution in [2.45, 2.75) is 19.9 Å². The average Bonchev–Trinajstić information content (AvgIpc) is 3.09. The molecule has 3 N–H and O–H groups in total. The van der Waals surface area contributed by atoms with Gasteiger partial charge in [-0.25, -0.2) is 4.79 Å².